The van der Waals surface area contributed by atoms with Crippen LogP contribution >= 0.6 is 0 Å². The second-order valence-corrected chi connectivity index (χ2v) is 3.72. The highest BCUT2D eigenvalue weighted by molar-refractivity contribution is 5.68. The molecule has 1 aromatic carbocycles. The Morgan fingerprint density at radius 1 is 1.10 bits per heavy atom. The third kappa shape index (κ3) is 3.22. The van der Waals surface area contributed by atoms with Crippen LogP contribution in [-0.2, 0) is 0 Å². The number of halogens is 3. The molecule has 1 heterocycles. The van der Waals surface area contributed by atoms with E-state index in [0.717, 1.165) is 12.1 Å². The largest absolute Gasteiger partial charge is 0.573 e. The summed E-state index contributed by atoms with van der Waals surface area (Å²) in [6.07, 6.45) is -2.04. The van der Waals surface area contributed by atoms with Crippen molar-refractivity contribution in [2.75, 3.05) is 0 Å². The van der Waals surface area contributed by atoms with Crippen LogP contribution in [0.3, 0.4) is 0 Å². The van der Waals surface area contributed by atoms with Gasteiger partial charge in [-0.15, -0.1) is 13.2 Å². The van der Waals surface area contributed by atoms with Gasteiger partial charge in [-0.2, -0.15) is 0 Å². The number of hydrogen-bond donors (Lipinski definition) is 0. The van der Waals surface area contributed by atoms with Crippen molar-refractivity contribution in [1.29, 1.82) is 0 Å². The van der Waals surface area contributed by atoms with E-state index in [-0.39, 0.29) is 0 Å². The minimum absolute atomic E-state index is 0.397. The zero-order valence-electron chi connectivity index (χ0n) is 9.79. The van der Waals surface area contributed by atoms with Gasteiger partial charge in [0.15, 0.2) is 0 Å². The number of rotatable bonds is 3. The van der Waals surface area contributed by atoms with E-state index in [9.17, 15) is 23.3 Å². The van der Waals surface area contributed by atoms with Gasteiger partial charge < -0.3 is 4.74 Å². The van der Waals surface area contributed by atoms with Crippen molar-refractivity contribution < 1.29 is 22.8 Å². The van der Waals surface area contributed by atoms with E-state index in [1.54, 1.807) is 12.1 Å². The Labute approximate surface area is 110 Å². The fourth-order valence-electron chi connectivity index (χ4n) is 1.59. The van der Waals surface area contributed by atoms with Crippen LogP contribution in [0.4, 0.5) is 18.9 Å². The lowest BCUT2D eigenvalue weighted by molar-refractivity contribution is -0.388. The van der Waals surface area contributed by atoms with Crippen molar-refractivity contribution in [3.05, 3.63) is 52.8 Å². The molecule has 104 valence electrons. The summed E-state index contributed by atoms with van der Waals surface area (Å²) in [5.74, 6) is -0.847. The Balaban J connectivity index is 2.46. The molecule has 5 nitrogen and oxygen atoms in total. The Bertz CT molecular complexity index is 630. The quantitative estimate of drug-likeness (QED) is 0.638. The smallest absolute Gasteiger partial charge is 0.398 e. The Kier molecular flexibility index (Phi) is 3.55. The highest BCUT2D eigenvalue weighted by atomic mass is 19.4. The van der Waals surface area contributed by atoms with Crippen LogP contribution in [0, 0.1) is 10.1 Å². The summed E-state index contributed by atoms with van der Waals surface area (Å²) < 4.78 is 40.1. The monoisotopic (exact) mass is 284 g/mol. The summed E-state index contributed by atoms with van der Waals surface area (Å²) in [5.41, 5.74) is 0.243. The van der Waals surface area contributed by atoms with E-state index in [0.29, 0.717) is 11.1 Å². The molecule has 2 aromatic rings. The van der Waals surface area contributed by atoms with E-state index >= 15 is 0 Å². The molecule has 0 radical (unpaired) electrons. The van der Waals surface area contributed by atoms with Crippen molar-refractivity contribution in [2.45, 2.75) is 6.36 Å². The second kappa shape index (κ2) is 5.16. The first-order valence-corrected chi connectivity index (χ1v) is 5.31. The second-order valence-electron chi connectivity index (χ2n) is 3.72. The van der Waals surface area contributed by atoms with Gasteiger partial charge in [0.1, 0.15) is 0 Å². The molecule has 0 aliphatic rings. The fourth-order valence-corrected chi connectivity index (χ4v) is 1.59. The third-order valence-electron chi connectivity index (χ3n) is 2.39. The fraction of sp³-hybridized carbons (Fsp3) is 0.0833. The molecule has 0 bridgehead atoms. The van der Waals surface area contributed by atoms with Gasteiger partial charge in [-0.25, -0.2) is 0 Å². The number of hydrogen-bond acceptors (Lipinski definition) is 4. The molecule has 0 saturated heterocycles. The number of nitrogens with zero attached hydrogens (tertiary/aromatic N) is 2. The molecule has 0 aliphatic carbocycles. The number of aromatic nitrogens is 1. The summed E-state index contributed by atoms with van der Waals surface area (Å²) in [6, 6.07) is 6.42. The van der Waals surface area contributed by atoms with Crippen LogP contribution in [0.1, 0.15) is 0 Å². The van der Waals surface area contributed by atoms with Gasteiger partial charge >= 0.3 is 12.0 Å². The zero-order valence-corrected chi connectivity index (χ0v) is 9.79. The number of alkyl halides is 3. The van der Waals surface area contributed by atoms with E-state index in [1.807, 2.05) is 0 Å². The number of ether oxygens (including phenoxy) is 1. The molecule has 0 unspecified atom stereocenters. The van der Waals surface area contributed by atoms with E-state index in [2.05, 4.69) is 9.72 Å². The lowest BCUT2D eigenvalue weighted by Crippen LogP contribution is -2.17. The first-order valence-electron chi connectivity index (χ1n) is 5.31. The van der Waals surface area contributed by atoms with Gasteiger partial charge in [-0.1, -0.05) is 6.07 Å². The first-order chi connectivity index (χ1) is 9.37. The van der Waals surface area contributed by atoms with Crippen LogP contribution in [0.15, 0.2) is 42.7 Å². The molecule has 0 amide bonds. The van der Waals surface area contributed by atoms with Crippen molar-refractivity contribution in [3.8, 4) is 16.9 Å². The maximum atomic E-state index is 12.2. The van der Waals surface area contributed by atoms with Crippen LogP contribution in [0.25, 0.3) is 11.1 Å². The highest BCUT2D eigenvalue weighted by Crippen LogP contribution is 2.35. The standard InChI is InChI=1S/C12H7F3N2O3/c13-12(14,15)20-11-2-1-9(7-10(11)17(18)19)8-3-5-16-6-4-8/h1-7H. The minimum atomic E-state index is -4.98. The van der Waals surface area contributed by atoms with Gasteiger partial charge in [0.25, 0.3) is 0 Å². The molecular formula is C12H7F3N2O3. The lowest BCUT2D eigenvalue weighted by Gasteiger charge is -2.10. The van der Waals surface area contributed by atoms with Crippen molar-refractivity contribution in [2.24, 2.45) is 0 Å². The van der Waals surface area contributed by atoms with Crippen LogP contribution in [-0.4, -0.2) is 16.3 Å². The van der Waals surface area contributed by atoms with Gasteiger partial charge in [-0.3, -0.25) is 15.1 Å². The molecule has 8 heteroatoms. The summed E-state index contributed by atoms with van der Waals surface area (Å²) in [4.78, 5) is 13.7. The molecule has 0 N–H and O–H groups in total. The van der Waals surface area contributed by atoms with Crippen LogP contribution in [0.5, 0.6) is 5.75 Å². The minimum Gasteiger partial charge on any atom is -0.398 e. The Hall–Kier alpha value is -2.64. The molecule has 0 aliphatic heterocycles. The van der Waals surface area contributed by atoms with E-state index < -0.39 is 22.7 Å². The topological polar surface area (TPSA) is 65.3 Å². The van der Waals surface area contributed by atoms with Crippen LogP contribution < -0.4 is 4.74 Å². The van der Waals surface area contributed by atoms with Gasteiger partial charge in [-0.05, 0) is 29.3 Å². The predicted molar refractivity (Wildman–Crippen MR) is 63.0 cm³/mol. The lowest BCUT2D eigenvalue weighted by atomic mass is 10.1. The van der Waals surface area contributed by atoms with Gasteiger partial charge in [0.2, 0.25) is 5.75 Å². The molecule has 0 saturated carbocycles. The molecule has 20 heavy (non-hydrogen) atoms. The number of pyridine rings is 1. The highest BCUT2D eigenvalue weighted by Gasteiger charge is 2.34. The number of nitro groups is 1. The van der Waals surface area contributed by atoms with Crippen molar-refractivity contribution in [3.63, 3.8) is 0 Å². The summed E-state index contributed by atoms with van der Waals surface area (Å²) in [6.45, 7) is 0. The first kappa shape index (κ1) is 13.8. The number of benzene rings is 1. The summed E-state index contributed by atoms with van der Waals surface area (Å²) in [7, 11) is 0. The average molecular weight is 284 g/mol. The van der Waals surface area contributed by atoms with Crippen molar-refractivity contribution in [1.82, 2.24) is 4.98 Å². The van der Waals surface area contributed by atoms with Gasteiger partial charge in [0.05, 0.1) is 4.92 Å². The van der Waals surface area contributed by atoms with Crippen molar-refractivity contribution >= 4 is 5.69 Å². The molecule has 0 spiro atoms. The Morgan fingerprint density at radius 2 is 1.75 bits per heavy atom. The molecule has 1 aromatic heterocycles. The third-order valence-corrected chi connectivity index (χ3v) is 2.39. The average Bonchev–Trinajstić information content (AvgIpc) is 2.38. The molecule has 0 fully saturated rings. The molecule has 2 rings (SSSR count). The molecule has 0 atom stereocenters. The maximum absolute atomic E-state index is 12.2. The maximum Gasteiger partial charge on any atom is 0.573 e. The normalized spacial score (nSPS) is 11.2. The Morgan fingerprint density at radius 3 is 2.30 bits per heavy atom. The number of nitro benzene ring substituents is 1. The van der Waals surface area contributed by atoms with E-state index in [1.165, 1.54) is 18.5 Å². The van der Waals surface area contributed by atoms with Crippen LogP contribution in [0.2, 0.25) is 0 Å². The summed E-state index contributed by atoms with van der Waals surface area (Å²) in [5, 5.41) is 10.8. The van der Waals surface area contributed by atoms with E-state index in [4.69, 9.17) is 0 Å². The SMILES string of the molecule is O=[N+]([O-])c1cc(-c2ccncc2)ccc1OC(F)(F)F. The van der Waals surface area contributed by atoms with Gasteiger partial charge in [0, 0.05) is 18.5 Å². The zero-order chi connectivity index (χ0) is 14.8. The molecular weight excluding hydrogens is 277 g/mol. The predicted octanol–water partition coefficient (Wildman–Crippen LogP) is 3.56. The summed E-state index contributed by atoms with van der Waals surface area (Å²) >= 11 is 0.